The van der Waals surface area contributed by atoms with Crippen molar-refractivity contribution in [3.05, 3.63) is 70.8 Å². The summed E-state index contributed by atoms with van der Waals surface area (Å²) in [5.74, 6) is -1.45. The van der Waals surface area contributed by atoms with Crippen molar-refractivity contribution in [1.29, 1.82) is 0 Å². The van der Waals surface area contributed by atoms with Crippen LogP contribution in [0.5, 0.6) is 0 Å². The molecule has 1 aromatic carbocycles. The molecule has 2 N–H and O–H groups in total. The number of esters is 2. The first-order valence-electron chi connectivity index (χ1n) is 17.7. The minimum atomic E-state index is -1.47. The lowest BCUT2D eigenvalue weighted by atomic mass is 9.86. The fourth-order valence-electron chi connectivity index (χ4n) is 7.21. The smallest absolute Gasteiger partial charge is 0.411 e. The first kappa shape index (κ1) is 40.5. The van der Waals surface area contributed by atoms with E-state index in [-0.39, 0.29) is 43.5 Å². The first-order chi connectivity index (χ1) is 24.0. The van der Waals surface area contributed by atoms with Crippen LogP contribution >= 0.6 is 11.6 Å². The van der Waals surface area contributed by atoms with Crippen LogP contribution in [0.15, 0.2) is 60.2 Å². The average Bonchev–Trinajstić information content (AvgIpc) is 3.80. The highest BCUT2D eigenvalue weighted by Gasteiger charge is 2.62. The summed E-state index contributed by atoms with van der Waals surface area (Å²) in [6, 6.07) is 6.87. The van der Waals surface area contributed by atoms with Crippen molar-refractivity contribution in [3.63, 3.8) is 0 Å². The predicted octanol–water partition coefficient (Wildman–Crippen LogP) is 6.08. The molecule has 3 heterocycles. The number of methoxy groups -OCH3 is 1. The Morgan fingerprint density at radius 2 is 1.86 bits per heavy atom. The van der Waals surface area contributed by atoms with Gasteiger partial charge in [-0.15, -0.1) is 0 Å². The third kappa shape index (κ3) is 10.2. The molecule has 3 aliphatic rings. The van der Waals surface area contributed by atoms with Gasteiger partial charge in [0, 0.05) is 37.4 Å². The number of halogens is 1. The van der Waals surface area contributed by atoms with E-state index in [2.05, 4.69) is 13.8 Å². The number of carbonyl (C=O) groups is 3. The molecular weight excluding hydrogens is 678 g/mol. The molecule has 0 aromatic heterocycles. The van der Waals surface area contributed by atoms with Crippen molar-refractivity contribution >= 4 is 29.6 Å². The Hall–Kier alpha value is -3.22. The number of allylic oxidation sites excluding steroid dienone is 2. The molecule has 4 rings (SSSR count). The third-order valence-corrected chi connectivity index (χ3v) is 10.5. The third-order valence-electron chi connectivity index (χ3n) is 10.3. The maximum Gasteiger partial charge on any atom is 0.411 e. The number of rotatable bonds is 11. The SMILES string of the molecule is CC[C@H](OC)[C@@H](C)[C@H]1O[C@@H]1C1N(Cc2ccc(Cl)cc2)C(=O)OC1(C)/C=C/C=C(\C)C1OC(=O)C[C@H](O)CC[C@@](C)(O)[C@@H](OC(C)=O)/C=C/[C@@H]1C. The van der Waals surface area contributed by atoms with E-state index >= 15 is 0 Å². The molecular formula is C39H54ClNO10. The van der Waals surface area contributed by atoms with Crippen molar-refractivity contribution in [3.8, 4) is 0 Å². The zero-order chi connectivity index (χ0) is 37.7. The van der Waals surface area contributed by atoms with Crippen LogP contribution in [0, 0.1) is 11.8 Å². The van der Waals surface area contributed by atoms with E-state index < -0.39 is 59.5 Å². The monoisotopic (exact) mass is 731 g/mol. The summed E-state index contributed by atoms with van der Waals surface area (Å²) in [6.45, 7) is 12.8. The van der Waals surface area contributed by atoms with Gasteiger partial charge in [-0.05, 0) is 75.5 Å². The lowest BCUT2D eigenvalue weighted by molar-refractivity contribution is -0.157. The second-order valence-electron chi connectivity index (χ2n) is 14.6. The van der Waals surface area contributed by atoms with Gasteiger partial charge in [-0.2, -0.15) is 0 Å². The van der Waals surface area contributed by atoms with Crippen molar-refractivity contribution in [2.75, 3.05) is 7.11 Å². The average molecular weight is 732 g/mol. The molecule has 51 heavy (non-hydrogen) atoms. The van der Waals surface area contributed by atoms with Gasteiger partial charge in [0.25, 0.3) is 0 Å². The number of aliphatic hydroxyl groups is 2. The molecule has 2 fully saturated rings. The quantitative estimate of drug-likeness (QED) is 0.0903. The van der Waals surface area contributed by atoms with Crippen LogP contribution in [0.2, 0.25) is 5.02 Å². The molecule has 12 heteroatoms. The highest BCUT2D eigenvalue weighted by atomic mass is 35.5. The summed E-state index contributed by atoms with van der Waals surface area (Å²) in [5.41, 5.74) is -0.963. The van der Waals surface area contributed by atoms with Crippen LogP contribution in [0.4, 0.5) is 4.79 Å². The number of carbonyl (C=O) groups excluding carboxylic acids is 3. The normalized spacial score (nSPS) is 35.3. The molecule has 282 valence electrons. The summed E-state index contributed by atoms with van der Waals surface area (Å²) in [6.07, 6.45) is 5.86. The Bertz CT molecular complexity index is 1470. The fourth-order valence-corrected chi connectivity index (χ4v) is 7.34. The van der Waals surface area contributed by atoms with Gasteiger partial charge in [-0.1, -0.05) is 62.7 Å². The maximum absolute atomic E-state index is 13.5. The van der Waals surface area contributed by atoms with E-state index in [1.807, 2.05) is 39.0 Å². The van der Waals surface area contributed by atoms with E-state index in [0.717, 1.165) is 12.0 Å². The van der Waals surface area contributed by atoms with Gasteiger partial charge in [0.05, 0.1) is 24.7 Å². The van der Waals surface area contributed by atoms with E-state index in [0.29, 0.717) is 17.1 Å². The predicted molar refractivity (Wildman–Crippen MR) is 192 cm³/mol. The summed E-state index contributed by atoms with van der Waals surface area (Å²) < 4.78 is 29.4. The zero-order valence-corrected chi connectivity index (χ0v) is 31.7. The van der Waals surface area contributed by atoms with Gasteiger partial charge in [-0.25, -0.2) is 4.79 Å². The molecule has 0 bridgehead atoms. The Kier molecular flexibility index (Phi) is 13.6. The van der Waals surface area contributed by atoms with Crippen molar-refractivity contribution in [1.82, 2.24) is 4.90 Å². The van der Waals surface area contributed by atoms with Crippen molar-refractivity contribution < 1.29 is 48.3 Å². The highest BCUT2D eigenvalue weighted by Crippen LogP contribution is 2.45. The maximum atomic E-state index is 13.5. The molecule has 0 aliphatic carbocycles. The van der Waals surface area contributed by atoms with E-state index in [1.54, 1.807) is 48.4 Å². The van der Waals surface area contributed by atoms with Crippen molar-refractivity contribution in [2.24, 2.45) is 11.8 Å². The zero-order valence-electron chi connectivity index (χ0n) is 30.9. The molecule has 3 unspecified atom stereocenters. The highest BCUT2D eigenvalue weighted by molar-refractivity contribution is 6.30. The number of hydrogen-bond donors (Lipinski definition) is 2. The van der Waals surface area contributed by atoms with Crippen LogP contribution in [0.25, 0.3) is 0 Å². The summed E-state index contributed by atoms with van der Waals surface area (Å²) in [7, 11) is 1.69. The minimum absolute atomic E-state index is 0.00338. The lowest BCUT2D eigenvalue weighted by Crippen LogP contribution is -2.47. The first-order valence-corrected chi connectivity index (χ1v) is 18.1. The molecule has 1 amide bonds. The molecule has 2 saturated heterocycles. The standard InChI is InChI=1S/C39H54ClNO10/c1-9-30(47-8)25(4)34-35(50-34)36-39(7,51-37(45)41(36)22-27-13-15-28(40)16-14-27)19-10-11-23(2)33-24(3)12-17-31(48-26(5)42)38(6,46)20-18-29(43)21-32(44)49-33/h10-17,19,24-25,29-31,33-36,43,46H,9,18,20-22H2,1-8H3/b17-12+,19-10+,23-11+/t24-,25+,29+,30-,31-,33?,34+,35-,36?,38+,39?/m0/s1. The fraction of sp³-hybridized carbons (Fsp3) is 0.615. The second-order valence-corrected chi connectivity index (χ2v) is 15.0. The van der Waals surface area contributed by atoms with Gasteiger partial charge in [0.2, 0.25) is 0 Å². The van der Waals surface area contributed by atoms with Crippen LogP contribution in [0.1, 0.15) is 79.7 Å². The number of amides is 1. The number of benzene rings is 1. The number of epoxide rings is 1. The number of cyclic esters (lactones) is 2. The van der Waals surface area contributed by atoms with Gasteiger partial charge in [-0.3, -0.25) is 14.5 Å². The number of hydrogen-bond acceptors (Lipinski definition) is 10. The van der Waals surface area contributed by atoms with E-state index in [1.165, 1.54) is 13.8 Å². The largest absolute Gasteiger partial charge is 0.457 e. The summed E-state index contributed by atoms with van der Waals surface area (Å²) in [5, 5.41) is 22.3. The minimum Gasteiger partial charge on any atom is -0.457 e. The van der Waals surface area contributed by atoms with E-state index in [9.17, 15) is 24.6 Å². The Balaban J connectivity index is 1.63. The molecule has 0 saturated carbocycles. The number of aliphatic hydroxyl groups excluding tert-OH is 1. The van der Waals surface area contributed by atoms with Gasteiger partial charge < -0.3 is 33.9 Å². The van der Waals surface area contributed by atoms with Gasteiger partial charge >= 0.3 is 18.0 Å². The van der Waals surface area contributed by atoms with Crippen LogP contribution in [0.3, 0.4) is 0 Å². The Morgan fingerprint density at radius 1 is 1.18 bits per heavy atom. The van der Waals surface area contributed by atoms with Crippen molar-refractivity contribution in [2.45, 2.75) is 135 Å². The van der Waals surface area contributed by atoms with Crippen LogP contribution in [-0.2, 0) is 39.8 Å². The van der Waals surface area contributed by atoms with Crippen LogP contribution in [-0.4, -0.2) is 94.1 Å². The number of nitrogens with zero attached hydrogens (tertiary/aromatic N) is 1. The van der Waals surface area contributed by atoms with E-state index in [4.69, 9.17) is 35.3 Å². The number of ether oxygens (including phenoxy) is 5. The lowest BCUT2D eigenvalue weighted by Gasteiger charge is -2.32. The molecule has 11 atom stereocenters. The Morgan fingerprint density at radius 3 is 2.49 bits per heavy atom. The molecule has 0 spiro atoms. The summed E-state index contributed by atoms with van der Waals surface area (Å²) >= 11 is 6.12. The van der Waals surface area contributed by atoms with Crippen LogP contribution < -0.4 is 0 Å². The molecule has 11 nitrogen and oxygen atoms in total. The molecule has 1 aromatic rings. The summed E-state index contributed by atoms with van der Waals surface area (Å²) in [4.78, 5) is 40.0. The Labute approximate surface area is 306 Å². The second kappa shape index (κ2) is 17.1. The topological polar surface area (TPSA) is 144 Å². The van der Waals surface area contributed by atoms with Gasteiger partial charge in [0.15, 0.2) is 5.60 Å². The van der Waals surface area contributed by atoms with Gasteiger partial charge in [0.1, 0.15) is 30.0 Å². The molecule has 0 radical (unpaired) electrons. The molecule has 3 aliphatic heterocycles.